The first-order chi connectivity index (χ1) is 11.3. The Hall–Kier alpha value is -1.47. The molecule has 2 aromatic heterocycles. The number of aryl methyl sites for hydroxylation is 1. The highest BCUT2D eigenvalue weighted by atomic mass is 35.5. The highest BCUT2D eigenvalue weighted by Crippen LogP contribution is 2.50. The van der Waals surface area contributed by atoms with Gasteiger partial charge in [0.05, 0.1) is 6.54 Å². The Kier molecular flexibility index (Phi) is 3.51. The van der Waals surface area contributed by atoms with Crippen LogP contribution >= 0.6 is 11.6 Å². The Morgan fingerprint density at radius 2 is 2.12 bits per heavy atom. The van der Waals surface area contributed by atoms with Crippen LogP contribution in [0.3, 0.4) is 0 Å². The maximum atomic E-state index is 12.9. The summed E-state index contributed by atoms with van der Waals surface area (Å²) in [6.45, 7) is 4.51. The molecule has 8 heteroatoms. The molecule has 2 fully saturated rings. The van der Waals surface area contributed by atoms with Crippen molar-refractivity contribution in [2.75, 3.05) is 24.5 Å². The monoisotopic (exact) mass is 355 g/mol. The molecule has 1 aliphatic carbocycles. The average Bonchev–Trinajstić information content (AvgIpc) is 2.70. The number of hydrogen-bond acceptors (Lipinski definition) is 4. The van der Waals surface area contributed by atoms with Crippen LogP contribution in [0.15, 0.2) is 12.4 Å². The van der Waals surface area contributed by atoms with Crippen molar-refractivity contribution in [3.8, 4) is 0 Å². The van der Waals surface area contributed by atoms with Gasteiger partial charge in [0.25, 0.3) is 5.92 Å². The summed E-state index contributed by atoms with van der Waals surface area (Å²) in [6, 6.07) is 2.09. The zero-order valence-corrected chi connectivity index (χ0v) is 14.4. The summed E-state index contributed by atoms with van der Waals surface area (Å²) in [5, 5.41) is 7.74. The van der Waals surface area contributed by atoms with Crippen LogP contribution in [0.4, 0.5) is 14.6 Å². The molecule has 0 amide bonds. The maximum Gasteiger partial charge on any atom is 0.257 e. The van der Waals surface area contributed by atoms with Crippen molar-refractivity contribution >= 4 is 22.9 Å². The molecule has 5 nitrogen and oxygen atoms in total. The van der Waals surface area contributed by atoms with Crippen molar-refractivity contribution in [2.24, 2.45) is 5.41 Å². The second kappa shape index (κ2) is 5.26. The van der Waals surface area contributed by atoms with E-state index in [0.717, 1.165) is 49.8 Å². The van der Waals surface area contributed by atoms with Crippen LogP contribution in [-0.4, -0.2) is 46.2 Å². The fraction of sp³-hybridized carbons (Fsp3) is 0.625. The van der Waals surface area contributed by atoms with E-state index in [1.165, 1.54) is 6.33 Å². The van der Waals surface area contributed by atoms with Gasteiger partial charge >= 0.3 is 0 Å². The zero-order valence-electron chi connectivity index (χ0n) is 13.7. The Bertz CT molecular complexity index is 771. The van der Waals surface area contributed by atoms with Gasteiger partial charge in [-0.25, -0.2) is 18.3 Å². The van der Waals surface area contributed by atoms with Crippen LogP contribution in [0.1, 0.15) is 25.3 Å². The van der Waals surface area contributed by atoms with Gasteiger partial charge in [-0.05, 0) is 31.4 Å². The van der Waals surface area contributed by atoms with Gasteiger partial charge in [0.15, 0.2) is 5.82 Å². The summed E-state index contributed by atoms with van der Waals surface area (Å²) in [7, 11) is 0. The second-order valence-corrected chi connectivity index (χ2v) is 7.79. The van der Waals surface area contributed by atoms with Gasteiger partial charge in [0.1, 0.15) is 17.0 Å². The van der Waals surface area contributed by atoms with Gasteiger partial charge in [-0.15, -0.1) is 0 Å². The SMILES string of the molecule is Cc1cc(Cl)n2ncnc(N3CC4(CC(NCC(C)(F)F)C4)C3)c12. The first-order valence-electron chi connectivity index (χ1n) is 8.11. The summed E-state index contributed by atoms with van der Waals surface area (Å²) < 4.78 is 27.5. The normalized spacial score (nSPS) is 20.5. The Labute approximate surface area is 144 Å². The third-order valence-electron chi connectivity index (χ3n) is 5.09. The molecule has 2 aliphatic rings. The molecule has 0 atom stereocenters. The number of fused-ring (bicyclic) bond motifs is 1. The van der Waals surface area contributed by atoms with Crippen LogP contribution in [0, 0.1) is 12.3 Å². The summed E-state index contributed by atoms with van der Waals surface area (Å²) in [6.07, 6.45) is 3.41. The molecule has 24 heavy (non-hydrogen) atoms. The van der Waals surface area contributed by atoms with Crippen molar-refractivity contribution in [3.05, 3.63) is 23.1 Å². The summed E-state index contributed by atoms with van der Waals surface area (Å²) in [5.41, 5.74) is 2.24. The molecule has 3 heterocycles. The van der Waals surface area contributed by atoms with Crippen molar-refractivity contribution in [1.29, 1.82) is 0 Å². The second-order valence-electron chi connectivity index (χ2n) is 7.41. The smallest absolute Gasteiger partial charge is 0.257 e. The molecule has 1 aliphatic heterocycles. The van der Waals surface area contributed by atoms with Gasteiger partial charge < -0.3 is 10.2 Å². The maximum absolute atomic E-state index is 12.9. The van der Waals surface area contributed by atoms with Gasteiger partial charge in [0.2, 0.25) is 0 Å². The van der Waals surface area contributed by atoms with E-state index in [0.29, 0.717) is 5.15 Å². The third-order valence-corrected chi connectivity index (χ3v) is 5.36. The van der Waals surface area contributed by atoms with E-state index in [4.69, 9.17) is 11.6 Å². The van der Waals surface area contributed by atoms with E-state index in [1.54, 1.807) is 4.52 Å². The van der Waals surface area contributed by atoms with Crippen molar-refractivity contribution in [2.45, 2.75) is 38.7 Å². The molecule has 1 N–H and O–H groups in total. The molecule has 0 aromatic carbocycles. The highest BCUT2D eigenvalue weighted by molar-refractivity contribution is 6.30. The van der Waals surface area contributed by atoms with Crippen molar-refractivity contribution in [1.82, 2.24) is 19.9 Å². The highest BCUT2D eigenvalue weighted by Gasteiger charge is 2.53. The summed E-state index contributed by atoms with van der Waals surface area (Å²) in [5.74, 6) is -1.75. The Morgan fingerprint density at radius 1 is 1.42 bits per heavy atom. The third kappa shape index (κ3) is 2.63. The van der Waals surface area contributed by atoms with Gasteiger partial charge in [-0.2, -0.15) is 5.10 Å². The van der Waals surface area contributed by atoms with Crippen LogP contribution in [0.5, 0.6) is 0 Å². The zero-order chi connectivity index (χ0) is 17.1. The average molecular weight is 356 g/mol. The summed E-state index contributed by atoms with van der Waals surface area (Å²) in [4.78, 5) is 6.66. The molecular formula is C16H20ClF2N5. The molecule has 130 valence electrons. The minimum absolute atomic E-state index is 0.202. The molecule has 2 aromatic rings. The van der Waals surface area contributed by atoms with Crippen LogP contribution in [0.2, 0.25) is 5.15 Å². The molecule has 1 saturated carbocycles. The minimum atomic E-state index is -2.65. The number of nitrogens with one attached hydrogen (secondary N) is 1. The number of anilines is 1. The quantitative estimate of drug-likeness (QED) is 0.916. The number of halogens is 3. The van der Waals surface area contributed by atoms with Crippen LogP contribution in [-0.2, 0) is 0 Å². The summed E-state index contributed by atoms with van der Waals surface area (Å²) >= 11 is 6.19. The fourth-order valence-corrected chi connectivity index (χ4v) is 4.31. The van der Waals surface area contributed by atoms with Gasteiger partial charge in [0, 0.05) is 31.5 Å². The lowest BCUT2D eigenvalue weighted by Crippen LogP contribution is -2.67. The molecule has 0 bridgehead atoms. The standard InChI is InChI=1S/C16H20ClF2N5/c1-10-3-12(17)24-13(10)14(21-9-22-24)23-7-16(8-23)4-11(5-16)20-6-15(2,18)19/h3,9,11,20H,4-8H2,1-2H3. The first-order valence-corrected chi connectivity index (χ1v) is 8.49. The van der Waals surface area contributed by atoms with E-state index in [-0.39, 0.29) is 18.0 Å². The fourth-order valence-electron chi connectivity index (χ4n) is 4.02. The lowest BCUT2D eigenvalue weighted by molar-refractivity contribution is -0.00406. The number of rotatable bonds is 4. The van der Waals surface area contributed by atoms with E-state index in [2.05, 4.69) is 20.3 Å². The Morgan fingerprint density at radius 3 is 2.79 bits per heavy atom. The molecule has 1 saturated heterocycles. The van der Waals surface area contributed by atoms with E-state index in [1.807, 2.05) is 13.0 Å². The number of hydrogen-bond donors (Lipinski definition) is 1. The lowest BCUT2D eigenvalue weighted by atomic mass is 9.60. The number of alkyl halides is 2. The Balaban J connectivity index is 1.41. The van der Waals surface area contributed by atoms with E-state index < -0.39 is 5.92 Å². The lowest BCUT2D eigenvalue weighted by Gasteiger charge is -2.59. The molecule has 1 spiro atoms. The molecule has 0 unspecified atom stereocenters. The van der Waals surface area contributed by atoms with Crippen LogP contribution in [0.25, 0.3) is 5.52 Å². The predicted octanol–water partition coefficient (Wildman–Crippen LogP) is 2.90. The number of aromatic nitrogens is 3. The molecule has 4 rings (SSSR count). The predicted molar refractivity (Wildman–Crippen MR) is 89.0 cm³/mol. The van der Waals surface area contributed by atoms with E-state index in [9.17, 15) is 8.78 Å². The van der Waals surface area contributed by atoms with Crippen LogP contribution < -0.4 is 10.2 Å². The molecule has 0 radical (unpaired) electrons. The minimum Gasteiger partial charge on any atom is -0.354 e. The topological polar surface area (TPSA) is 45.5 Å². The molecular weight excluding hydrogens is 336 g/mol. The van der Waals surface area contributed by atoms with Gasteiger partial charge in [-0.1, -0.05) is 11.6 Å². The van der Waals surface area contributed by atoms with Crippen molar-refractivity contribution < 1.29 is 8.78 Å². The first kappa shape index (κ1) is 16.0. The number of nitrogens with zero attached hydrogens (tertiary/aromatic N) is 4. The van der Waals surface area contributed by atoms with Crippen molar-refractivity contribution in [3.63, 3.8) is 0 Å². The van der Waals surface area contributed by atoms with E-state index >= 15 is 0 Å². The largest absolute Gasteiger partial charge is 0.354 e. The van der Waals surface area contributed by atoms with Gasteiger partial charge in [-0.3, -0.25) is 0 Å².